The Balaban J connectivity index is 1.65. The number of imidazole rings is 1. The summed E-state index contributed by atoms with van der Waals surface area (Å²) in [5.74, 6) is 0.935. The molecule has 6 nitrogen and oxygen atoms in total. The molecule has 3 heterocycles. The normalized spacial score (nSPS) is 15.8. The number of fused-ring (bicyclic) bond motifs is 1. The molecule has 6 heteroatoms. The first-order chi connectivity index (χ1) is 12.3. The lowest BCUT2D eigenvalue weighted by Crippen LogP contribution is -2.47. The van der Waals surface area contributed by atoms with Crippen LogP contribution in [0.2, 0.25) is 0 Å². The number of β-amino-alcohol motifs (C(OH)–C–C–N with tert-alkyl or cyclic N) is 1. The van der Waals surface area contributed by atoms with Crippen LogP contribution in [0.1, 0.15) is 5.56 Å². The smallest absolute Gasteiger partial charge is 0.180 e. The third kappa shape index (κ3) is 3.10. The van der Waals surface area contributed by atoms with Crippen molar-refractivity contribution in [3.05, 3.63) is 48.4 Å². The van der Waals surface area contributed by atoms with E-state index in [1.165, 1.54) is 5.56 Å². The van der Waals surface area contributed by atoms with Gasteiger partial charge in [-0.25, -0.2) is 9.97 Å². The predicted molar refractivity (Wildman–Crippen MR) is 98.9 cm³/mol. The van der Waals surface area contributed by atoms with E-state index < -0.39 is 0 Å². The zero-order valence-electron chi connectivity index (χ0n) is 14.5. The van der Waals surface area contributed by atoms with Crippen molar-refractivity contribution in [1.82, 2.24) is 19.3 Å². The molecule has 1 aromatic carbocycles. The Morgan fingerprint density at radius 2 is 1.80 bits per heavy atom. The molecule has 4 rings (SSSR count). The summed E-state index contributed by atoms with van der Waals surface area (Å²) < 4.78 is 2.12. The first-order valence-electron chi connectivity index (χ1n) is 8.73. The summed E-state index contributed by atoms with van der Waals surface area (Å²) in [6, 6.07) is 8.48. The van der Waals surface area contributed by atoms with Crippen molar-refractivity contribution in [2.24, 2.45) is 0 Å². The highest BCUT2D eigenvalue weighted by Crippen LogP contribution is 2.26. The molecule has 0 spiro atoms. The van der Waals surface area contributed by atoms with E-state index in [1.54, 1.807) is 0 Å². The van der Waals surface area contributed by atoms with Crippen LogP contribution in [0.5, 0.6) is 0 Å². The number of hydrogen-bond donors (Lipinski definition) is 1. The van der Waals surface area contributed by atoms with Crippen LogP contribution < -0.4 is 4.90 Å². The molecule has 0 atom stereocenters. The van der Waals surface area contributed by atoms with Crippen molar-refractivity contribution in [3.63, 3.8) is 0 Å². The van der Waals surface area contributed by atoms with Crippen LogP contribution >= 0.6 is 0 Å². The van der Waals surface area contributed by atoms with Crippen LogP contribution in [0, 0.1) is 6.92 Å². The van der Waals surface area contributed by atoms with Gasteiger partial charge in [0.15, 0.2) is 11.5 Å². The SMILES string of the molecule is Cc1ccc(-c2cnc(N3CCN(CCO)CC3)c3nccn23)cc1. The molecule has 1 aliphatic heterocycles. The molecular weight excluding hydrogens is 314 g/mol. The monoisotopic (exact) mass is 337 g/mol. The van der Waals surface area contributed by atoms with Crippen LogP contribution in [0.4, 0.5) is 5.82 Å². The zero-order chi connectivity index (χ0) is 17.2. The number of anilines is 1. The Bertz CT molecular complexity index is 850. The van der Waals surface area contributed by atoms with E-state index in [-0.39, 0.29) is 6.61 Å². The van der Waals surface area contributed by atoms with E-state index in [0.717, 1.165) is 55.4 Å². The highest BCUT2D eigenvalue weighted by atomic mass is 16.3. The van der Waals surface area contributed by atoms with Gasteiger partial charge in [0.2, 0.25) is 0 Å². The topological polar surface area (TPSA) is 56.9 Å². The van der Waals surface area contributed by atoms with Crippen LogP contribution in [-0.4, -0.2) is 63.7 Å². The maximum absolute atomic E-state index is 9.09. The van der Waals surface area contributed by atoms with Gasteiger partial charge < -0.3 is 10.0 Å². The third-order valence-corrected chi connectivity index (χ3v) is 4.84. The average Bonchev–Trinajstić information content (AvgIpc) is 3.13. The summed E-state index contributed by atoms with van der Waals surface area (Å²) in [4.78, 5) is 13.9. The number of aliphatic hydroxyl groups excluding tert-OH is 1. The van der Waals surface area contributed by atoms with Crippen LogP contribution in [0.25, 0.3) is 16.9 Å². The highest BCUT2D eigenvalue weighted by Gasteiger charge is 2.21. The third-order valence-electron chi connectivity index (χ3n) is 4.84. The first-order valence-corrected chi connectivity index (χ1v) is 8.73. The molecule has 1 N–H and O–H groups in total. The number of hydrogen-bond acceptors (Lipinski definition) is 5. The minimum atomic E-state index is 0.216. The van der Waals surface area contributed by atoms with E-state index in [9.17, 15) is 0 Å². The molecule has 1 saturated heterocycles. The first kappa shape index (κ1) is 16.1. The minimum absolute atomic E-state index is 0.216. The number of nitrogens with zero attached hydrogens (tertiary/aromatic N) is 5. The van der Waals surface area contributed by atoms with E-state index in [2.05, 4.69) is 50.4 Å². The number of aromatic nitrogens is 3. The largest absolute Gasteiger partial charge is 0.395 e. The molecule has 1 fully saturated rings. The number of aliphatic hydroxyl groups is 1. The molecule has 2 aromatic heterocycles. The Hall–Kier alpha value is -2.44. The van der Waals surface area contributed by atoms with Crippen molar-refractivity contribution in [1.29, 1.82) is 0 Å². The maximum atomic E-state index is 9.09. The molecule has 0 bridgehead atoms. The Labute approximate surface area is 147 Å². The fourth-order valence-corrected chi connectivity index (χ4v) is 3.39. The van der Waals surface area contributed by atoms with E-state index in [1.807, 2.05) is 18.6 Å². The lowest BCUT2D eigenvalue weighted by molar-refractivity contribution is 0.188. The van der Waals surface area contributed by atoms with E-state index in [4.69, 9.17) is 10.1 Å². The Kier molecular flexibility index (Phi) is 4.38. The fourth-order valence-electron chi connectivity index (χ4n) is 3.39. The van der Waals surface area contributed by atoms with Crippen LogP contribution in [0.15, 0.2) is 42.9 Å². The van der Waals surface area contributed by atoms with Crippen molar-refractivity contribution in [3.8, 4) is 11.3 Å². The second-order valence-electron chi connectivity index (χ2n) is 6.51. The van der Waals surface area contributed by atoms with Gasteiger partial charge in [0.25, 0.3) is 0 Å². The van der Waals surface area contributed by atoms with Crippen molar-refractivity contribution >= 4 is 11.5 Å². The molecular formula is C19H23N5O. The van der Waals surface area contributed by atoms with E-state index >= 15 is 0 Å². The van der Waals surface area contributed by atoms with Gasteiger partial charge >= 0.3 is 0 Å². The van der Waals surface area contributed by atoms with Gasteiger partial charge in [-0.05, 0) is 6.92 Å². The molecule has 3 aromatic rings. The molecule has 0 unspecified atom stereocenters. The molecule has 0 amide bonds. The molecule has 25 heavy (non-hydrogen) atoms. The lowest BCUT2D eigenvalue weighted by Gasteiger charge is -2.35. The van der Waals surface area contributed by atoms with Gasteiger partial charge in [-0.1, -0.05) is 29.8 Å². The van der Waals surface area contributed by atoms with Crippen molar-refractivity contribution < 1.29 is 5.11 Å². The second kappa shape index (κ2) is 6.82. The summed E-state index contributed by atoms with van der Waals surface area (Å²) in [5.41, 5.74) is 4.33. The highest BCUT2D eigenvalue weighted by molar-refractivity contribution is 5.71. The van der Waals surface area contributed by atoms with Gasteiger partial charge in [-0.3, -0.25) is 9.30 Å². The van der Waals surface area contributed by atoms with Crippen LogP contribution in [-0.2, 0) is 0 Å². The van der Waals surface area contributed by atoms with Gasteiger partial charge in [0.1, 0.15) is 0 Å². The summed E-state index contributed by atoms with van der Waals surface area (Å²) >= 11 is 0. The summed E-state index contributed by atoms with van der Waals surface area (Å²) in [7, 11) is 0. The van der Waals surface area contributed by atoms with Gasteiger partial charge in [-0.15, -0.1) is 0 Å². The molecule has 0 saturated carbocycles. The lowest BCUT2D eigenvalue weighted by atomic mass is 10.1. The summed E-state index contributed by atoms with van der Waals surface area (Å²) in [5, 5.41) is 9.09. The minimum Gasteiger partial charge on any atom is -0.395 e. The molecule has 130 valence electrons. The maximum Gasteiger partial charge on any atom is 0.180 e. The summed E-state index contributed by atoms with van der Waals surface area (Å²) in [6.07, 6.45) is 5.77. The predicted octanol–water partition coefficient (Wildman–Crippen LogP) is 1.82. The van der Waals surface area contributed by atoms with Crippen LogP contribution in [0.3, 0.4) is 0 Å². The van der Waals surface area contributed by atoms with Gasteiger partial charge in [0, 0.05) is 50.7 Å². The number of rotatable bonds is 4. The Morgan fingerprint density at radius 3 is 2.52 bits per heavy atom. The molecule has 0 radical (unpaired) electrons. The Morgan fingerprint density at radius 1 is 1.04 bits per heavy atom. The number of aryl methyl sites for hydroxylation is 1. The zero-order valence-corrected chi connectivity index (χ0v) is 14.5. The molecule has 0 aliphatic carbocycles. The van der Waals surface area contributed by atoms with Crippen molar-refractivity contribution in [2.75, 3.05) is 44.2 Å². The average molecular weight is 337 g/mol. The fraction of sp³-hybridized carbons (Fsp3) is 0.368. The number of benzene rings is 1. The van der Waals surface area contributed by atoms with Gasteiger partial charge in [0.05, 0.1) is 18.5 Å². The second-order valence-corrected chi connectivity index (χ2v) is 6.51. The standard InChI is InChI=1S/C19H23N5O/c1-15-2-4-16(5-3-15)17-14-21-18(19-20-6-7-24(17)19)23-10-8-22(9-11-23)12-13-25/h2-7,14,25H,8-13H2,1H3. The summed E-state index contributed by atoms with van der Waals surface area (Å²) in [6.45, 7) is 6.73. The van der Waals surface area contributed by atoms with Gasteiger partial charge in [-0.2, -0.15) is 0 Å². The van der Waals surface area contributed by atoms with E-state index in [0.29, 0.717) is 0 Å². The quantitative estimate of drug-likeness (QED) is 0.787. The molecule has 1 aliphatic rings. The van der Waals surface area contributed by atoms with Crippen molar-refractivity contribution in [2.45, 2.75) is 6.92 Å². The number of piperazine rings is 1.